The number of carbonyl (C=O) groups is 1. The third kappa shape index (κ3) is 5.51. The minimum atomic E-state index is -0.0578. The molecule has 8 heteroatoms. The molecule has 0 atom stereocenters. The van der Waals surface area contributed by atoms with E-state index in [2.05, 4.69) is 20.5 Å². The third-order valence-corrected chi connectivity index (χ3v) is 5.69. The number of hydrogen-bond donors (Lipinski definition) is 1. The summed E-state index contributed by atoms with van der Waals surface area (Å²) in [5, 5.41) is 13.0. The fraction of sp³-hybridized carbons (Fsp3) is 0.130. The fourth-order valence-electron chi connectivity index (χ4n) is 3.08. The van der Waals surface area contributed by atoms with Crippen molar-refractivity contribution in [2.24, 2.45) is 0 Å². The molecular formula is C23H20ClN5OS. The Morgan fingerprint density at radius 1 is 1.03 bits per heavy atom. The number of rotatable bonds is 8. The summed E-state index contributed by atoms with van der Waals surface area (Å²) in [7, 11) is 0. The van der Waals surface area contributed by atoms with E-state index in [1.807, 2.05) is 71.3 Å². The smallest absolute Gasteiger partial charge is 0.230 e. The number of halogens is 1. The number of nitrogens with one attached hydrogen (secondary N) is 1. The largest absolute Gasteiger partial charge is 0.355 e. The number of hydrogen-bond acceptors (Lipinski definition) is 5. The molecule has 0 saturated carbocycles. The van der Waals surface area contributed by atoms with Gasteiger partial charge in [-0.3, -0.25) is 14.3 Å². The average molecular weight is 450 g/mol. The van der Waals surface area contributed by atoms with Gasteiger partial charge < -0.3 is 5.32 Å². The molecule has 0 spiro atoms. The summed E-state index contributed by atoms with van der Waals surface area (Å²) in [6.07, 6.45) is 4.19. The van der Waals surface area contributed by atoms with Gasteiger partial charge in [0.1, 0.15) is 0 Å². The second kappa shape index (κ2) is 10.2. The number of nitrogens with zero attached hydrogens (tertiary/aromatic N) is 4. The van der Waals surface area contributed by atoms with Gasteiger partial charge in [-0.15, -0.1) is 10.2 Å². The first kappa shape index (κ1) is 21.1. The van der Waals surface area contributed by atoms with Gasteiger partial charge in [-0.2, -0.15) is 0 Å². The van der Waals surface area contributed by atoms with E-state index in [-0.39, 0.29) is 11.7 Å². The number of pyridine rings is 1. The van der Waals surface area contributed by atoms with Crippen molar-refractivity contribution in [3.05, 3.63) is 89.7 Å². The highest BCUT2D eigenvalue weighted by molar-refractivity contribution is 7.99. The van der Waals surface area contributed by atoms with Gasteiger partial charge in [0.25, 0.3) is 0 Å². The standard InChI is InChI=1S/C23H20ClN5OS/c24-19-8-4-6-17(14-19)11-13-26-21(30)16-31-23-28-27-22(18-7-5-12-25-15-18)29(23)20-9-2-1-3-10-20/h1-10,12,14-15H,11,13,16H2,(H,26,30). The van der Waals surface area contributed by atoms with Crippen LogP contribution in [0.5, 0.6) is 0 Å². The zero-order chi connectivity index (χ0) is 21.5. The first-order chi connectivity index (χ1) is 15.2. The summed E-state index contributed by atoms with van der Waals surface area (Å²) >= 11 is 7.36. The van der Waals surface area contributed by atoms with Crippen molar-refractivity contribution in [3.8, 4) is 17.1 Å². The van der Waals surface area contributed by atoms with E-state index in [0.717, 1.165) is 23.2 Å². The molecule has 2 aromatic heterocycles. The summed E-state index contributed by atoms with van der Waals surface area (Å²) in [5.74, 6) is 0.869. The maximum Gasteiger partial charge on any atom is 0.230 e. The molecule has 0 unspecified atom stereocenters. The Balaban J connectivity index is 1.43. The van der Waals surface area contributed by atoms with Gasteiger partial charge in [-0.25, -0.2) is 0 Å². The van der Waals surface area contributed by atoms with Gasteiger partial charge in [-0.05, 0) is 48.4 Å². The SMILES string of the molecule is O=C(CSc1nnc(-c2cccnc2)n1-c1ccccc1)NCCc1cccc(Cl)c1. The summed E-state index contributed by atoms with van der Waals surface area (Å²) in [5.41, 5.74) is 2.87. The number of benzene rings is 2. The molecule has 156 valence electrons. The van der Waals surface area contributed by atoms with Crippen LogP contribution in [0.2, 0.25) is 5.02 Å². The van der Waals surface area contributed by atoms with Crippen LogP contribution >= 0.6 is 23.4 Å². The predicted molar refractivity (Wildman–Crippen MR) is 123 cm³/mol. The molecule has 0 aliphatic heterocycles. The van der Waals surface area contributed by atoms with Crippen LogP contribution < -0.4 is 5.32 Å². The van der Waals surface area contributed by atoms with E-state index < -0.39 is 0 Å². The topological polar surface area (TPSA) is 72.7 Å². The van der Waals surface area contributed by atoms with Crippen LogP contribution in [0, 0.1) is 0 Å². The Morgan fingerprint density at radius 2 is 1.90 bits per heavy atom. The van der Waals surface area contributed by atoms with Crippen molar-refractivity contribution in [3.63, 3.8) is 0 Å². The van der Waals surface area contributed by atoms with Crippen molar-refractivity contribution >= 4 is 29.3 Å². The van der Waals surface area contributed by atoms with Crippen molar-refractivity contribution in [1.29, 1.82) is 0 Å². The van der Waals surface area contributed by atoms with Crippen molar-refractivity contribution in [1.82, 2.24) is 25.1 Å². The Morgan fingerprint density at radius 3 is 2.68 bits per heavy atom. The van der Waals surface area contributed by atoms with Crippen LogP contribution in [-0.2, 0) is 11.2 Å². The van der Waals surface area contributed by atoms with E-state index in [0.29, 0.717) is 22.5 Å². The Bertz CT molecular complexity index is 1150. The zero-order valence-corrected chi connectivity index (χ0v) is 18.2. The summed E-state index contributed by atoms with van der Waals surface area (Å²) in [4.78, 5) is 16.6. The van der Waals surface area contributed by atoms with E-state index >= 15 is 0 Å². The number of amides is 1. The van der Waals surface area contributed by atoms with Gasteiger partial charge in [0.2, 0.25) is 5.91 Å². The summed E-state index contributed by atoms with van der Waals surface area (Å²) in [6, 6.07) is 21.3. The highest BCUT2D eigenvalue weighted by Gasteiger charge is 2.17. The van der Waals surface area contributed by atoms with Gasteiger partial charge in [0.05, 0.1) is 5.75 Å². The molecule has 2 heterocycles. The van der Waals surface area contributed by atoms with Gasteiger partial charge in [0.15, 0.2) is 11.0 Å². The number of thioether (sulfide) groups is 1. The maximum atomic E-state index is 12.4. The monoisotopic (exact) mass is 449 g/mol. The summed E-state index contributed by atoms with van der Waals surface area (Å²) in [6.45, 7) is 0.548. The van der Waals surface area contributed by atoms with Crippen LogP contribution in [0.25, 0.3) is 17.1 Å². The molecule has 4 aromatic rings. The molecule has 0 aliphatic carbocycles. The number of aromatic nitrogens is 4. The van der Waals surface area contributed by atoms with Crippen LogP contribution in [-0.4, -0.2) is 38.0 Å². The van der Waals surface area contributed by atoms with E-state index in [1.165, 1.54) is 11.8 Å². The Hall–Kier alpha value is -3.16. The highest BCUT2D eigenvalue weighted by atomic mass is 35.5. The molecule has 31 heavy (non-hydrogen) atoms. The maximum absolute atomic E-state index is 12.4. The Kier molecular flexibility index (Phi) is 6.96. The molecule has 0 fully saturated rings. The minimum Gasteiger partial charge on any atom is -0.355 e. The zero-order valence-electron chi connectivity index (χ0n) is 16.6. The molecule has 0 radical (unpaired) electrons. The third-order valence-electron chi connectivity index (χ3n) is 4.52. The molecule has 0 saturated heterocycles. The van der Waals surface area contributed by atoms with Crippen LogP contribution in [0.4, 0.5) is 0 Å². The summed E-state index contributed by atoms with van der Waals surface area (Å²) < 4.78 is 1.95. The molecule has 0 aliphatic rings. The van der Waals surface area contributed by atoms with Crippen LogP contribution in [0.15, 0.2) is 84.3 Å². The quantitative estimate of drug-likeness (QED) is 0.403. The minimum absolute atomic E-state index is 0.0578. The van der Waals surface area contributed by atoms with Gasteiger partial charge >= 0.3 is 0 Å². The second-order valence-electron chi connectivity index (χ2n) is 6.74. The molecule has 4 rings (SSSR count). The molecule has 1 amide bonds. The average Bonchev–Trinajstić information content (AvgIpc) is 3.23. The van der Waals surface area contributed by atoms with Gasteiger partial charge in [-0.1, -0.05) is 53.7 Å². The molecule has 6 nitrogen and oxygen atoms in total. The van der Waals surface area contributed by atoms with Crippen molar-refractivity contribution in [2.75, 3.05) is 12.3 Å². The van der Waals surface area contributed by atoms with Crippen molar-refractivity contribution in [2.45, 2.75) is 11.6 Å². The van der Waals surface area contributed by atoms with Crippen LogP contribution in [0.1, 0.15) is 5.56 Å². The van der Waals surface area contributed by atoms with E-state index in [1.54, 1.807) is 12.4 Å². The predicted octanol–water partition coefficient (Wildman–Crippen LogP) is 4.43. The van der Waals surface area contributed by atoms with E-state index in [4.69, 9.17) is 11.6 Å². The van der Waals surface area contributed by atoms with E-state index in [9.17, 15) is 4.79 Å². The normalized spacial score (nSPS) is 10.7. The van der Waals surface area contributed by atoms with Crippen molar-refractivity contribution < 1.29 is 4.79 Å². The second-order valence-corrected chi connectivity index (χ2v) is 8.12. The molecule has 1 N–H and O–H groups in total. The molecule has 2 aromatic carbocycles. The highest BCUT2D eigenvalue weighted by Crippen LogP contribution is 2.27. The van der Waals surface area contributed by atoms with Gasteiger partial charge in [0, 0.05) is 35.2 Å². The Labute approximate surface area is 189 Å². The lowest BCUT2D eigenvalue weighted by Crippen LogP contribution is -2.27. The number of para-hydroxylation sites is 1. The lowest BCUT2D eigenvalue weighted by atomic mass is 10.1. The molecular weight excluding hydrogens is 430 g/mol. The molecule has 0 bridgehead atoms. The first-order valence-electron chi connectivity index (χ1n) is 9.76. The van der Waals surface area contributed by atoms with Crippen LogP contribution in [0.3, 0.4) is 0 Å². The lowest BCUT2D eigenvalue weighted by Gasteiger charge is -2.10. The first-order valence-corrected chi connectivity index (χ1v) is 11.1. The lowest BCUT2D eigenvalue weighted by molar-refractivity contribution is -0.118. The number of carbonyl (C=O) groups excluding carboxylic acids is 1. The fourth-order valence-corrected chi connectivity index (χ4v) is 4.07.